The Morgan fingerprint density at radius 2 is 1.63 bits per heavy atom. The van der Waals surface area contributed by atoms with Gasteiger partial charge < -0.3 is 10.1 Å². The van der Waals surface area contributed by atoms with E-state index in [2.05, 4.69) is 10.4 Å². The molecule has 0 aliphatic rings. The molecule has 0 aliphatic carbocycles. The quantitative estimate of drug-likeness (QED) is 0.200. The fraction of sp³-hybridized carbons (Fsp3) is 0.125. The Bertz CT molecular complexity index is 2230. The molecule has 5 aromatic rings. The first-order valence-corrected chi connectivity index (χ1v) is 15.5. The van der Waals surface area contributed by atoms with Crippen molar-refractivity contribution in [2.45, 2.75) is 17.6 Å². The molecule has 0 fully saturated rings. The van der Waals surface area contributed by atoms with E-state index in [1.807, 2.05) is 4.72 Å². The molecule has 0 spiro atoms. The van der Waals surface area contributed by atoms with E-state index < -0.39 is 73.6 Å². The Balaban J connectivity index is 1.43. The molecule has 2 amide bonds. The molecule has 2 N–H and O–H groups in total. The van der Waals surface area contributed by atoms with Crippen molar-refractivity contribution >= 4 is 27.5 Å². The van der Waals surface area contributed by atoms with Gasteiger partial charge >= 0.3 is 11.9 Å². The number of hydrogen-bond donors (Lipinski definition) is 2. The molecule has 11 nitrogen and oxygen atoms in total. The number of rotatable bonds is 10. The number of carbonyl (C=O) groups is 2. The SMILES string of the molecule is COCC(=O)Nc1ccc(C(F)(F)F)c(-n2ncn(Cc3ccc(-c4ccccc4S(=O)(=O)NC(=O)c4ccccc4F)cc3F)c2=O)c1. The lowest BCUT2D eigenvalue weighted by molar-refractivity contribution is -0.137. The summed E-state index contributed by atoms with van der Waals surface area (Å²) in [6.45, 7) is -0.849. The molecule has 0 saturated carbocycles. The van der Waals surface area contributed by atoms with Crippen LogP contribution in [0.5, 0.6) is 0 Å². The van der Waals surface area contributed by atoms with Gasteiger partial charge in [0.1, 0.15) is 24.6 Å². The molecule has 0 radical (unpaired) electrons. The highest BCUT2D eigenvalue weighted by atomic mass is 32.2. The summed E-state index contributed by atoms with van der Waals surface area (Å²) in [5.74, 6) is -3.71. The maximum Gasteiger partial charge on any atom is 0.418 e. The van der Waals surface area contributed by atoms with Crippen LogP contribution < -0.4 is 15.7 Å². The van der Waals surface area contributed by atoms with E-state index in [1.165, 1.54) is 55.6 Å². The average Bonchev–Trinajstić information content (AvgIpc) is 3.40. The van der Waals surface area contributed by atoms with Crippen LogP contribution in [-0.4, -0.2) is 48.3 Å². The molecular weight excluding hydrogens is 677 g/mol. The van der Waals surface area contributed by atoms with E-state index in [0.717, 1.165) is 41.2 Å². The monoisotopic (exact) mass is 701 g/mol. The van der Waals surface area contributed by atoms with Crippen molar-refractivity contribution < 1.29 is 44.7 Å². The summed E-state index contributed by atoms with van der Waals surface area (Å²) in [5, 5.41) is 6.13. The summed E-state index contributed by atoms with van der Waals surface area (Å²) >= 11 is 0. The van der Waals surface area contributed by atoms with Crippen LogP contribution in [-0.2, 0) is 32.3 Å². The third-order valence-corrected chi connectivity index (χ3v) is 8.44. The lowest BCUT2D eigenvalue weighted by atomic mass is 10.0. The number of sulfonamides is 1. The van der Waals surface area contributed by atoms with Gasteiger partial charge in [-0.3, -0.25) is 14.2 Å². The molecule has 49 heavy (non-hydrogen) atoms. The van der Waals surface area contributed by atoms with Crippen LogP contribution >= 0.6 is 0 Å². The zero-order valence-corrected chi connectivity index (χ0v) is 26.0. The third-order valence-electron chi connectivity index (χ3n) is 7.05. The molecule has 0 saturated heterocycles. The van der Waals surface area contributed by atoms with Gasteiger partial charge in [-0.05, 0) is 48.0 Å². The summed E-state index contributed by atoms with van der Waals surface area (Å²) in [7, 11) is -3.33. The maximum absolute atomic E-state index is 15.4. The molecule has 0 bridgehead atoms. The van der Waals surface area contributed by atoms with Crippen molar-refractivity contribution in [3.05, 3.63) is 130 Å². The van der Waals surface area contributed by atoms with Gasteiger partial charge in [-0.25, -0.2) is 26.7 Å². The van der Waals surface area contributed by atoms with Crippen molar-refractivity contribution in [3.8, 4) is 16.8 Å². The molecule has 0 aliphatic heterocycles. The van der Waals surface area contributed by atoms with Crippen molar-refractivity contribution in [3.63, 3.8) is 0 Å². The van der Waals surface area contributed by atoms with E-state index in [0.29, 0.717) is 10.7 Å². The summed E-state index contributed by atoms with van der Waals surface area (Å²) in [4.78, 5) is 37.2. The predicted octanol–water partition coefficient (Wildman–Crippen LogP) is 4.75. The Kier molecular flexibility index (Phi) is 9.77. The number of hydrogen-bond acceptors (Lipinski definition) is 7. The van der Waals surface area contributed by atoms with Crippen molar-refractivity contribution in [1.82, 2.24) is 19.1 Å². The number of nitrogens with one attached hydrogen (secondary N) is 2. The second kappa shape index (κ2) is 13.8. The van der Waals surface area contributed by atoms with E-state index in [-0.39, 0.29) is 29.0 Å². The lowest BCUT2D eigenvalue weighted by Crippen LogP contribution is -2.31. The smallest absolute Gasteiger partial charge is 0.375 e. The highest BCUT2D eigenvalue weighted by Crippen LogP contribution is 2.35. The van der Waals surface area contributed by atoms with Gasteiger partial charge in [0.15, 0.2) is 0 Å². The molecule has 1 aromatic heterocycles. The summed E-state index contributed by atoms with van der Waals surface area (Å²) in [5.41, 5.74) is -3.60. The first kappa shape index (κ1) is 34.6. The number of carbonyl (C=O) groups excluding carboxylic acids is 2. The molecule has 0 atom stereocenters. The van der Waals surface area contributed by atoms with Gasteiger partial charge in [0.2, 0.25) is 5.91 Å². The van der Waals surface area contributed by atoms with Crippen LogP contribution in [0.4, 0.5) is 27.6 Å². The van der Waals surface area contributed by atoms with Crippen molar-refractivity contribution in [2.24, 2.45) is 0 Å². The van der Waals surface area contributed by atoms with Crippen molar-refractivity contribution in [2.75, 3.05) is 19.0 Å². The topological polar surface area (TPSA) is 141 Å². The van der Waals surface area contributed by atoms with Gasteiger partial charge in [0.05, 0.1) is 28.3 Å². The van der Waals surface area contributed by atoms with E-state index >= 15 is 4.39 Å². The van der Waals surface area contributed by atoms with Gasteiger partial charge in [-0.2, -0.15) is 23.0 Å². The Morgan fingerprint density at radius 3 is 2.33 bits per heavy atom. The number of nitrogens with zero attached hydrogens (tertiary/aromatic N) is 3. The van der Waals surface area contributed by atoms with Crippen molar-refractivity contribution in [1.29, 1.82) is 0 Å². The molecule has 1 heterocycles. The first-order chi connectivity index (χ1) is 23.2. The van der Waals surface area contributed by atoms with E-state index in [9.17, 15) is 40.4 Å². The second-order valence-corrected chi connectivity index (χ2v) is 12.0. The van der Waals surface area contributed by atoms with Crippen LogP contribution in [0.3, 0.4) is 0 Å². The van der Waals surface area contributed by atoms with Crippen LogP contribution in [0.25, 0.3) is 16.8 Å². The number of methoxy groups -OCH3 is 1. The number of anilines is 1. The van der Waals surface area contributed by atoms with Crippen LogP contribution in [0.2, 0.25) is 0 Å². The van der Waals surface area contributed by atoms with Gasteiger partial charge in [-0.1, -0.05) is 42.5 Å². The number of ether oxygens (including phenoxy) is 1. The highest BCUT2D eigenvalue weighted by molar-refractivity contribution is 7.90. The van der Waals surface area contributed by atoms with Gasteiger partial charge in [-0.15, -0.1) is 0 Å². The minimum atomic E-state index is -4.90. The minimum absolute atomic E-state index is 0.0103. The largest absolute Gasteiger partial charge is 0.418 e. The van der Waals surface area contributed by atoms with E-state index in [1.54, 1.807) is 0 Å². The van der Waals surface area contributed by atoms with Crippen LogP contribution in [0.15, 0.2) is 101 Å². The normalized spacial score (nSPS) is 11.7. The number of aromatic nitrogens is 3. The third kappa shape index (κ3) is 7.57. The van der Waals surface area contributed by atoms with Crippen LogP contribution in [0, 0.1) is 11.6 Å². The number of alkyl halides is 3. The Labute approximate surface area is 274 Å². The zero-order chi connectivity index (χ0) is 35.5. The zero-order valence-electron chi connectivity index (χ0n) is 25.2. The van der Waals surface area contributed by atoms with E-state index in [4.69, 9.17) is 4.74 Å². The number of benzene rings is 4. The Hall–Kier alpha value is -5.68. The summed E-state index contributed by atoms with van der Waals surface area (Å²) in [6, 6.07) is 16.3. The number of halogens is 5. The fourth-order valence-electron chi connectivity index (χ4n) is 4.80. The summed E-state index contributed by atoms with van der Waals surface area (Å²) in [6.07, 6.45) is -3.99. The minimum Gasteiger partial charge on any atom is -0.375 e. The molecule has 0 unspecified atom stereocenters. The second-order valence-electron chi connectivity index (χ2n) is 10.4. The van der Waals surface area contributed by atoms with Gasteiger partial charge in [0.25, 0.3) is 15.9 Å². The fourth-order valence-corrected chi connectivity index (χ4v) is 6.00. The molecule has 5 rings (SSSR count). The highest BCUT2D eigenvalue weighted by Gasteiger charge is 2.35. The van der Waals surface area contributed by atoms with Gasteiger partial charge in [0, 0.05) is 23.9 Å². The predicted molar refractivity (Wildman–Crippen MR) is 165 cm³/mol. The molecular formula is C32H24F5N5O6S. The lowest BCUT2D eigenvalue weighted by Gasteiger charge is -2.14. The average molecular weight is 702 g/mol. The van der Waals surface area contributed by atoms with Crippen LogP contribution in [0.1, 0.15) is 21.5 Å². The number of amides is 2. The molecule has 254 valence electrons. The Morgan fingerprint density at radius 1 is 0.918 bits per heavy atom. The summed E-state index contributed by atoms with van der Waals surface area (Å²) < 4.78 is 105. The molecule has 4 aromatic carbocycles. The maximum atomic E-state index is 15.4. The molecule has 17 heteroatoms. The standard InChI is InChI=1S/C32H24F5N5O6S/c1-48-17-29(43)39-21-12-13-24(32(35,36)37)27(15-21)42-31(45)41(18-38-42)16-20-11-10-19(14-26(20)34)22-6-3-5-9-28(22)49(46,47)40-30(44)23-7-2-4-8-25(23)33/h2-15,18H,16-17H2,1H3,(H,39,43)(H,40,44). The first-order valence-electron chi connectivity index (χ1n) is 14.0.